The second-order valence-electron chi connectivity index (χ2n) is 8.90. The third-order valence-corrected chi connectivity index (χ3v) is 6.34. The Bertz CT molecular complexity index is 1400. The summed E-state index contributed by atoms with van der Waals surface area (Å²) in [5.74, 6) is 0.925. The number of hydrogen-bond donors (Lipinski definition) is 1. The molecule has 2 heterocycles. The van der Waals surface area contributed by atoms with Gasteiger partial charge in [0, 0.05) is 35.1 Å². The van der Waals surface area contributed by atoms with Crippen molar-refractivity contribution in [1.29, 1.82) is 0 Å². The van der Waals surface area contributed by atoms with E-state index in [1.54, 1.807) is 18.2 Å². The Balaban J connectivity index is 1.35. The number of anilines is 2. The Hall–Kier alpha value is -4.14. The largest absolute Gasteiger partial charge is 0.484 e. The van der Waals surface area contributed by atoms with Crippen LogP contribution in [0.5, 0.6) is 5.75 Å². The molecule has 1 fully saturated rings. The van der Waals surface area contributed by atoms with Crippen LogP contribution in [0.25, 0.3) is 22.0 Å². The molecule has 1 aliphatic rings. The minimum absolute atomic E-state index is 0.00200. The molecule has 5 rings (SSSR count). The summed E-state index contributed by atoms with van der Waals surface area (Å²) in [6.07, 6.45) is -1.22. The SMILES string of the molecule is O=C(COc1ccc(-c2nnc(Nc3cccc(C(F)(F)F)c3)c3ccccc23)cc1)N1CCCCC1. The van der Waals surface area contributed by atoms with Crippen LogP contribution in [0.1, 0.15) is 24.8 Å². The monoisotopic (exact) mass is 506 g/mol. The standard InChI is InChI=1S/C28H25F3N4O2/c29-28(30,31)20-7-6-8-21(17-20)32-27-24-10-3-2-9-23(24)26(33-34-27)19-11-13-22(14-12-19)37-18-25(36)35-15-4-1-5-16-35/h2-3,6-14,17H,1,4-5,15-16,18H2,(H,32,34). The zero-order valence-corrected chi connectivity index (χ0v) is 20.0. The summed E-state index contributed by atoms with van der Waals surface area (Å²) in [7, 11) is 0. The summed E-state index contributed by atoms with van der Waals surface area (Å²) in [4.78, 5) is 14.2. The van der Waals surface area contributed by atoms with Crippen LogP contribution in [-0.2, 0) is 11.0 Å². The minimum atomic E-state index is -4.44. The van der Waals surface area contributed by atoms with Gasteiger partial charge in [-0.3, -0.25) is 4.79 Å². The maximum Gasteiger partial charge on any atom is 0.416 e. The fraction of sp³-hybridized carbons (Fsp3) is 0.250. The van der Waals surface area contributed by atoms with E-state index >= 15 is 0 Å². The predicted octanol–water partition coefficient (Wildman–Crippen LogP) is 6.45. The number of likely N-dealkylation sites (tertiary alicyclic amines) is 1. The average Bonchev–Trinajstić information content (AvgIpc) is 2.92. The van der Waals surface area contributed by atoms with Crippen LogP contribution in [0.4, 0.5) is 24.7 Å². The molecular weight excluding hydrogens is 481 g/mol. The molecule has 1 aliphatic heterocycles. The summed E-state index contributed by atoms with van der Waals surface area (Å²) < 4.78 is 45.1. The quantitative estimate of drug-likeness (QED) is 0.326. The topological polar surface area (TPSA) is 67.3 Å². The molecule has 37 heavy (non-hydrogen) atoms. The van der Waals surface area contributed by atoms with E-state index in [1.807, 2.05) is 41.3 Å². The van der Waals surface area contributed by atoms with Crippen LogP contribution >= 0.6 is 0 Å². The first-order valence-electron chi connectivity index (χ1n) is 12.1. The fourth-order valence-corrected chi connectivity index (χ4v) is 4.41. The summed E-state index contributed by atoms with van der Waals surface area (Å²) >= 11 is 0. The highest BCUT2D eigenvalue weighted by Crippen LogP contribution is 2.34. The number of carbonyl (C=O) groups is 1. The molecule has 190 valence electrons. The van der Waals surface area contributed by atoms with Gasteiger partial charge < -0.3 is 15.0 Å². The van der Waals surface area contributed by atoms with E-state index in [4.69, 9.17) is 4.74 Å². The lowest BCUT2D eigenvalue weighted by molar-refractivity contribution is -0.137. The van der Waals surface area contributed by atoms with Crippen molar-refractivity contribution in [3.63, 3.8) is 0 Å². The molecule has 4 aromatic rings. The number of nitrogens with one attached hydrogen (secondary N) is 1. The number of piperidine rings is 1. The van der Waals surface area contributed by atoms with Gasteiger partial charge >= 0.3 is 6.18 Å². The van der Waals surface area contributed by atoms with Crippen LogP contribution in [0, 0.1) is 0 Å². The summed E-state index contributed by atoms with van der Waals surface area (Å²) in [5, 5.41) is 13.1. The van der Waals surface area contributed by atoms with Gasteiger partial charge in [-0.25, -0.2) is 0 Å². The normalized spacial score (nSPS) is 14.0. The number of amides is 1. The van der Waals surface area contributed by atoms with E-state index in [0.29, 0.717) is 17.3 Å². The minimum Gasteiger partial charge on any atom is -0.484 e. The van der Waals surface area contributed by atoms with E-state index < -0.39 is 11.7 Å². The van der Waals surface area contributed by atoms with Crippen molar-refractivity contribution in [3.05, 3.63) is 78.4 Å². The van der Waals surface area contributed by atoms with Gasteiger partial charge in [-0.1, -0.05) is 30.3 Å². The number of hydrogen-bond acceptors (Lipinski definition) is 5. The van der Waals surface area contributed by atoms with E-state index in [-0.39, 0.29) is 18.2 Å². The number of alkyl halides is 3. The summed E-state index contributed by atoms with van der Waals surface area (Å²) in [6, 6.07) is 19.6. The number of halogens is 3. The maximum atomic E-state index is 13.1. The number of nitrogens with zero attached hydrogens (tertiary/aromatic N) is 3. The van der Waals surface area contributed by atoms with Crippen molar-refractivity contribution in [2.24, 2.45) is 0 Å². The average molecular weight is 507 g/mol. The number of ether oxygens (including phenoxy) is 1. The van der Waals surface area contributed by atoms with E-state index in [2.05, 4.69) is 15.5 Å². The van der Waals surface area contributed by atoms with Crippen molar-refractivity contribution in [3.8, 4) is 17.0 Å². The fourth-order valence-electron chi connectivity index (χ4n) is 4.41. The third-order valence-electron chi connectivity index (χ3n) is 6.34. The lowest BCUT2D eigenvalue weighted by atomic mass is 10.0. The van der Waals surface area contributed by atoms with Crippen LogP contribution < -0.4 is 10.1 Å². The molecule has 0 spiro atoms. The Morgan fingerprint density at radius 3 is 2.35 bits per heavy atom. The molecule has 1 N–H and O–H groups in total. The highest BCUT2D eigenvalue weighted by atomic mass is 19.4. The summed E-state index contributed by atoms with van der Waals surface area (Å²) in [5.41, 5.74) is 0.944. The molecular formula is C28H25F3N4O2. The molecule has 0 saturated carbocycles. The van der Waals surface area contributed by atoms with Gasteiger partial charge in [0.05, 0.1) is 5.56 Å². The van der Waals surface area contributed by atoms with Gasteiger partial charge in [-0.15, -0.1) is 10.2 Å². The Morgan fingerprint density at radius 2 is 1.62 bits per heavy atom. The number of fused-ring (bicyclic) bond motifs is 1. The Kier molecular flexibility index (Phi) is 6.94. The first-order valence-corrected chi connectivity index (χ1v) is 12.1. The molecule has 1 aromatic heterocycles. The molecule has 0 unspecified atom stereocenters. The Morgan fingerprint density at radius 1 is 0.892 bits per heavy atom. The van der Waals surface area contributed by atoms with E-state index in [1.165, 1.54) is 6.07 Å². The molecule has 1 saturated heterocycles. The van der Waals surface area contributed by atoms with Crippen LogP contribution in [-0.4, -0.2) is 40.7 Å². The van der Waals surface area contributed by atoms with Crippen molar-refractivity contribution in [2.45, 2.75) is 25.4 Å². The maximum absolute atomic E-state index is 13.1. The molecule has 0 bridgehead atoms. The van der Waals surface area contributed by atoms with Crippen molar-refractivity contribution in [1.82, 2.24) is 15.1 Å². The van der Waals surface area contributed by atoms with Crippen molar-refractivity contribution in [2.75, 3.05) is 25.0 Å². The third kappa shape index (κ3) is 5.66. The second kappa shape index (κ2) is 10.5. The molecule has 3 aromatic carbocycles. The van der Waals surface area contributed by atoms with Crippen molar-refractivity contribution < 1.29 is 22.7 Å². The van der Waals surface area contributed by atoms with Crippen LogP contribution in [0.2, 0.25) is 0 Å². The molecule has 0 aliphatic carbocycles. The van der Waals surface area contributed by atoms with E-state index in [0.717, 1.165) is 60.8 Å². The lowest BCUT2D eigenvalue weighted by Gasteiger charge is -2.26. The van der Waals surface area contributed by atoms with E-state index in [9.17, 15) is 18.0 Å². The predicted molar refractivity (Wildman–Crippen MR) is 136 cm³/mol. The smallest absolute Gasteiger partial charge is 0.416 e. The van der Waals surface area contributed by atoms with Gasteiger partial charge in [-0.2, -0.15) is 13.2 Å². The first-order chi connectivity index (χ1) is 17.9. The number of aromatic nitrogens is 2. The van der Waals surface area contributed by atoms with Crippen LogP contribution in [0.15, 0.2) is 72.8 Å². The molecule has 0 radical (unpaired) electrons. The lowest BCUT2D eigenvalue weighted by Crippen LogP contribution is -2.38. The molecule has 0 atom stereocenters. The van der Waals surface area contributed by atoms with Crippen molar-refractivity contribution >= 4 is 28.2 Å². The van der Waals surface area contributed by atoms with Gasteiger partial charge in [-0.05, 0) is 61.7 Å². The van der Waals surface area contributed by atoms with Gasteiger partial charge in [0.1, 0.15) is 11.4 Å². The molecule has 1 amide bonds. The highest BCUT2D eigenvalue weighted by Gasteiger charge is 2.30. The van der Waals surface area contributed by atoms with Gasteiger partial charge in [0.15, 0.2) is 12.4 Å². The molecule has 6 nitrogen and oxygen atoms in total. The Labute approximate surface area is 212 Å². The summed E-state index contributed by atoms with van der Waals surface area (Å²) in [6.45, 7) is 1.56. The first kappa shape index (κ1) is 24.5. The number of carbonyl (C=O) groups excluding carboxylic acids is 1. The zero-order valence-electron chi connectivity index (χ0n) is 20.0. The molecule has 9 heteroatoms. The number of benzene rings is 3. The highest BCUT2D eigenvalue weighted by molar-refractivity contribution is 6.00. The van der Waals surface area contributed by atoms with Gasteiger partial charge in [0.25, 0.3) is 5.91 Å². The van der Waals surface area contributed by atoms with Crippen LogP contribution in [0.3, 0.4) is 0 Å². The zero-order chi connectivity index (χ0) is 25.8. The number of rotatable bonds is 6. The second-order valence-corrected chi connectivity index (χ2v) is 8.90. The van der Waals surface area contributed by atoms with Gasteiger partial charge in [0.2, 0.25) is 0 Å².